The highest BCUT2D eigenvalue weighted by atomic mass is 16.6. The molecule has 3 aromatic carbocycles. The largest absolute Gasteiger partial charge is 0.494 e. The van der Waals surface area contributed by atoms with Gasteiger partial charge in [-0.1, -0.05) is 42.5 Å². The van der Waals surface area contributed by atoms with Gasteiger partial charge in [0.05, 0.1) is 12.5 Å². The summed E-state index contributed by atoms with van der Waals surface area (Å²) < 4.78 is 22.7. The molecule has 1 atom stereocenters. The fourth-order valence-corrected chi connectivity index (χ4v) is 4.14. The summed E-state index contributed by atoms with van der Waals surface area (Å²) in [7, 11) is 0. The van der Waals surface area contributed by atoms with E-state index in [2.05, 4.69) is 6.07 Å². The Morgan fingerprint density at radius 3 is 2.49 bits per heavy atom. The minimum Gasteiger partial charge on any atom is -0.494 e. The van der Waals surface area contributed by atoms with Crippen LogP contribution in [0.1, 0.15) is 35.1 Å². The van der Waals surface area contributed by atoms with E-state index in [0.29, 0.717) is 23.9 Å². The first-order valence-electron chi connectivity index (χ1n) is 11.3. The molecule has 0 fully saturated rings. The van der Waals surface area contributed by atoms with Crippen molar-refractivity contribution in [2.75, 3.05) is 13.2 Å². The van der Waals surface area contributed by atoms with Crippen molar-refractivity contribution in [3.05, 3.63) is 94.4 Å². The molecule has 0 spiro atoms. The average molecular weight is 471 g/mol. The second-order valence-corrected chi connectivity index (χ2v) is 8.08. The summed E-state index contributed by atoms with van der Waals surface area (Å²) in [6.07, 6.45) is 0. The monoisotopic (exact) mass is 470 g/mol. The maximum Gasteiger partial charge on any atom is 0.349 e. The summed E-state index contributed by atoms with van der Waals surface area (Å²) in [4.78, 5) is 12.5. The van der Waals surface area contributed by atoms with Gasteiger partial charge in [0.25, 0.3) is 0 Å². The van der Waals surface area contributed by atoms with Crippen molar-refractivity contribution in [1.82, 2.24) is 0 Å². The molecule has 0 radical (unpaired) electrons. The zero-order valence-corrected chi connectivity index (χ0v) is 19.8. The van der Waals surface area contributed by atoms with Crippen LogP contribution in [0.3, 0.4) is 0 Å². The Morgan fingerprint density at radius 2 is 1.77 bits per heavy atom. The predicted molar refractivity (Wildman–Crippen MR) is 130 cm³/mol. The van der Waals surface area contributed by atoms with E-state index >= 15 is 0 Å². The number of carbonyl (C=O) groups excluding carboxylic acids is 1. The molecule has 1 heterocycles. The number of fused-ring (bicyclic) bond motifs is 1. The zero-order chi connectivity index (χ0) is 24.9. The van der Waals surface area contributed by atoms with Crippen LogP contribution in [0.5, 0.6) is 23.0 Å². The lowest BCUT2D eigenvalue weighted by Crippen LogP contribution is -2.22. The maximum atomic E-state index is 12.5. The van der Waals surface area contributed by atoms with Gasteiger partial charge >= 0.3 is 5.97 Å². The summed E-state index contributed by atoms with van der Waals surface area (Å²) in [5.41, 5.74) is 9.79. The Labute approximate surface area is 204 Å². The molecule has 178 valence electrons. The molecule has 0 saturated carbocycles. The van der Waals surface area contributed by atoms with Crippen LogP contribution >= 0.6 is 0 Å². The van der Waals surface area contributed by atoms with Gasteiger partial charge in [0.1, 0.15) is 34.6 Å². The van der Waals surface area contributed by atoms with Crippen molar-refractivity contribution in [3.8, 4) is 29.1 Å². The summed E-state index contributed by atoms with van der Waals surface area (Å²) in [5, 5.41) is 9.81. The second-order valence-electron chi connectivity index (χ2n) is 8.08. The molecule has 2 N–H and O–H groups in total. The normalized spacial score (nSPS) is 14.4. The molecule has 0 amide bonds. The number of allylic oxidation sites excluding steroid dienone is 1. The number of nitriles is 1. The van der Waals surface area contributed by atoms with Crippen molar-refractivity contribution in [3.63, 3.8) is 0 Å². The van der Waals surface area contributed by atoms with Gasteiger partial charge in [-0.3, -0.25) is 0 Å². The molecular weight excluding hydrogens is 444 g/mol. The fourth-order valence-electron chi connectivity index (χ4n) is 4.14. The number of rotatable bonds is 7. The lowest BCUT2D eigenvalue weighted by atomic mass is 9.83. The van der Waals surface area contributed by atoms with Gasteiger partial charge in [-0.2, -0.15) is 5.26 Å². The number of carbonyl (C=O) groups is 1. The number of hydrogen-bond donors (Lipinski definition) is 1. The van der Waals surface area contributed by atoms with E-state index in [4.69, 9.17) is 24.7 Å². The van der Waals surface area contributed by atoms with Crippen LogP contribution in [0.4, 0.5) is 0 Å². The highest BCUT2D eigenvalue weighted by molar-refractivity contribution is 5.74. The molecule has 0 saturated heterocycles. The number of benzene rings is 3. The number of nitrogens with zero attached hydrogens (tertiary/aromatic N) is 1. The van der Waals surface area contributed by atoms with Crippen LogP contribution in [-0.4, -0.2) is 19.2 Å². The fraction of sp³-hybridized carbons (Fsp3) is 0.214. The molecule has 1 aliphatic heterocycles. The van der Waals surface area contributed by atoms with Gasteiger partial charge in [0, 0.05) is 17.2 Å². The molecule has 35 heavy (non-hydrogen) atoms. The van der Waals surface area contributed by atoms with Crippen LogP contribution in [-0.2, 0) is 4.79 Å². The Hall–Kier alpha value is -4.44. The predicted octanol–water partition coefficient (Wildman–Crippen LogP) is 4.90. The van der Waals surface area contributed by atoms with Crippen LogP contribution in [0, 0.1) is 25.2 Å². The summed E-state index contributed by atoms with van der Waals surface area (Å²) in [5.74, 6) is 0.968. The van der Waals surface area contributed by atoms with Crippen molar-refractivity contribution >= 4 is 5.97 Å². The van der Waals surface area contributed by atoms with Gasteiger partial charge in [-0.05, 0) is 44.0 Å². The van der Waals surface area contributed by atoms with Crippen LogP contribution in [0.15, 0.2) is 72.1 Å². The standard InChI is InChI=1S/C28H26N2O5/c1-4-32-23-11-6-5-10-20(23)26-21-13-12-19(14-24(21)35-28(30)22(26)15-29)34-25(31)16-33-27-17(2)8-7-9-18(27)3/h5-14,26H,4,16,30H2,1-3H3. The molecule has 3 aromatic rings. The minimum absolute atomic E-state index is 0.00172. The number of esters is 1. The SMILES string of the molecule is CCOc1ccccc1C1C(C#N)=C(N)Oc2cc(OC(=O)COc3c(C)cccc3C)ccc21. The van der Waals surface area contributed by atoms with Crippen LogP contribution in [0.25, 0.3) is 0 Å². The average Bonchev–Trinajstić information content (AvgIpc) is 2.83. The van der Waals surface area contributed by atoms with E-state index in [-0.39, 0.29) is 23.8 Å². The smallest absolute Gasteiger partial charge is 0.349 e. The van der Waals surface area contributed by atoms with Crippen molar-refractivity contribution in [1.29, 1.82) is 5.26 Å². The van der Waals surface area contributed by atoms with Crippen LogP contribution in [0.2, 0.25) is 0 Å². The van der Waals surface area contributed by atoms with Crippen LogP contribution < -0.4 is 24.7 Å². The van der Waals surface area contributed by atoms with E-state index in [1.54, 1.807) is 18.2 Å². The first kappa shape index (κ1) is 23.7. The molecule has 7 nitrogen and oxygen atoms in total. The molecule has 0 aromatic heterocycles. The first-order chi connectivity index (χ1) is 16.9. The minimum atomic E-state index is -0.553. The summed E-state index contributed by atoms with van der Waals surface area (Å²) in [6.45, 7) is 5.97. The van der Waals surface area contributed by atoms with Gasteiger partial charge in [0.15, 0.2) is 6.61 Å². The molecule has 1 aliphatic rings. The molecule has 7 heteroatoms. The third-order valence-electron chi connectivity index (χ3n) is 5.70. The number of nitrogens with two attached hydrogens (primary N) is 1. The third kappa shape index (κ3) is 4.92. The Balaban J connectivity index is 1.59. The first-order valence-corrected chi connectivity index (χ1v) is 11.3. The Morgan fingerprint density at radius 1 is 1.03 bits per heavy atom. The Kier molecular flexibility index (Phi) is 6.93. The zero-order valence-electron chi connectivity index (χ0n) is 19.8. The van der Waals surface area contributed by atoms with E-state index in [9.17, 15) is 10.1 Å². The number of ether oxygens (including phenoxy) is 4. The second kappa shape index (κ2) is 10.2. The number of para-hydroxylation sites is 2. The molecule has 1 unspecified atom stereocenters. The number of hydrogen-bond acceptors (Lipinski definition) is 7. The lowest BCUT2D eigenvalue weighted by Gasteiger charge is -2.27. The summed E-state index contributed by atoms with van der Waals surface area (Å²) >= 11 is 0. The maximum absolute atomic E-state index is 12.5. The van der Waals surface area contributed by atoms with Gasteiger partial charge in [-0.25, -0.2) is 4.79 Å². The van der Waals surface area contributed by atoms with E-state index in [1.807, 2.05) is 63.2 Å². The topological polar surface area (TPSA) is 104 Å². The molecule has 0 aliphatic carbocycles. The summed E-state index contributed by atoms with van der Waals surface area (Å²) in [6, 6.07) is 20.5. The molecular formula is C28H26N2O5. The lowest BCUT2D eigenvalue weighted by molar-refractivity contribution is -0.136. The Bertz CT molecular complexity index is 1320. The number of aryl methyl sites for hydroxylation is 2. The molecule has 4 rings (SSSR count). The van der Waals surface area contributed by atoms with E-state index < -0.39 is 11.9 Å². The van der Waals surface area contributed by atoms with Crippen molar-refractivity contribution < 1.29 is 23.7 Å². The third-order valence-corrected chi connectivity index (χ3v) is 5.70. The quantitative estimate of drug-likeness (QED) is 0.387. The van der Waals surface area contributed by atoms with Gasteiger partial charge in [-0.15, -0.1) is 0 Å². The molecule has 0 bridgehead atoms. The highest BCUT2D eigenvalue weighted by Crippen LogP contribution is 2.45. The van der Waals surface area contributed by atoms with Crippen molar-refractivity contribution in [2.24, 2.45) is 5.73 Å². The van der Waals surface area contributed by atoms with E-state index in [1.165, 1.54) is 0 Å². The highest BCUT2D eigenvalue weighted by Gasteiger charge is 2.33. The van der Waals surface area contributed by atoms with Gasteiger partial charge < -0.3 is 24.7 Å². The van der Waals surface area contributed by atoms with Gasteiger partial charge in [0.2, 0.25) is 5.88 Å². The van der Waals surface area contributed by atoms with Crippen molar-refractivity contribution in [2.45, 2.75) is 26.7 Å². The van der Waals surface area contributed by atoms with E-state index in [0.717, 1.165) is 22.3 Å².